The minimum absolute atomic E-state index is 0.0222. The predicted molar refractivity (Wildman–Crippen MR) is 117 cm³/mol. The van der Waals surface area contributed by atoms with Crippen molar-refractivity contribution in [1.82, 2.24) is 24.9 Å². The molecular weight excluding hydrogens is 378 g/mol. The molecule has 1 aromatic carbocycles. The van der Waals surface area contributed by atoms with E-state index in [0.29, 0.717) is 29.0 Å². The summed E-state index contributed by atoms with van der Waals surface area (Å²) in [4.78, 5) is 14.6. The highest BCUT2D eigenvalue weighted by Gasteiger charge is 2.17. The van der Waals surface area contributed by atoms with Crippen LogP contribution < -0.4 is 0 Å². The van der Waals surface area contributed by atoms with Crippen molar-refractivity contribution in [2.45, 2.75) is 53.4 Å². The molecular formula is C23H31N5O2. The van der Waals surface area contributed by atoms with E-state index >= 15 is 0 Å². The maximum Gasteiger partial charge on any atom is 0.268 e. The normalized spacial score (nSPS) is 11.3. The van der Waals surface area contributed by atoms with Crippen LogP contribution in [-0.4, -0.2) is 44.4 Å². The number of carbonyl (C=O) groups excluding carboxylic acids is 1. The highest BCUT2D eigenvalue weighted by molar-refractivity contribution is 5.94. The van der Waals surface area contributed by atoms with Crippen LogP contribution in [0.4, 0.5) is 0 Å². The number of hydrogen-bond donors (Lipinski definition) is 0. The molecule has 0 saturated carbocycles. The molecule has 7 heteroatoms. The van der Waals surface area contributed by atoms with Gasteiger partial charge in [-0.15, -0.1) is 10.2 Å². The molecule has 0 spiro atoms. The first-order valence-corrected chi connectivity index (χ1v) is 10.6. The zero-order valence-electron chi connectivity index (χ0n) is 18.6. The molecule has 0 saturated heterocycles. The lowest BCUT2D eigenvalue weighted by molar-refractivity contribution is 0.0793. The van der Waals surface area contributed by atoms with Gasteiger partial charge in [-0.2, -0.15) is 5.10 Å². The van der Waals surface area contributed by atoms with Crippen molar-refractivity contribution in [3.63, 3.8) is 0 Å². The fourth-order valence-corrected chi connectivity index (χ4v) is 3.25. The fraction of sp³-hybridized carbons (Fsp3) is 0.478. The zero-order valence-corrected chi connectivity index (χ0v) is 18.6. The van der Waals surface area contributed by atoms with Crippen LogP contribution in [0.2, 0.25) is 0 Å². The van der Waals surface area contributed by atoms with E-state index in [4.69, 9.17) is 9.52 Å². The second-order valence-corrected chi connectivity index (χ2v) is 8.12. The van der Waals surface area contributed by atoms with E-state index in [1.807, 2.05) is 42.1 Å². The average molecular weight is 410 g/mol. The Hall–Kier alpha value is -2.96. The quantitative estimate of drug-likeness (QED) is 0.512. The van der Waals surface area contributed by atoms with Crippen LogP contribution in [0.5, 0.6) is 0 Å². The fourth-order valence-electron chi connectivity index (χ4n) is 3.25. The van der Waals surface area contributed by atoms with Gasteiger partial charge in [0, 0.05) is 31.8 Å². The van der Waals surface area contributed by atoms with Crippen LogP contribution in [0, 0.1) is 12.8 Å². The standard InChI is InChI=1S/C23H31N5O2/c1-6-7-13-27(5)23(29)18-9-8-10-19(14-18)28-20(12-11-16(2)3)15-21(26-28)22-25-24-17(4)30-22/h8-10,14-16H,6-7,11-13H2,1-5H3. The molecule has 0 fully saturated rings. The molecule has 0 aliphatic carbocycles. The van der Waals surface area contributed by atoms with Gasteiger partial charge < -0.3 is 9.32 Å². The molecule has 2 aromatic heterocycles. The van der Waals surface area contributed by atoms with Gasteiger partial charge in [0.15, 0.2) is 0 Å². The monoisotopic (exact) mass is 409 g/mol. The van der Waals surface area contributed by atoms with Crippen LogP contribution in [0.15, 0.2) is 34.7 Å². The summed E-state index contributed by atoms with van der Waals surface area (Å²) in [6.45, 7) is 9.04. The van der Waals surface area contributed by atoms with E-state index < -0.39 is 0 Å². The first kappa shape index (κ1) is 21.7. The van der Waals surface area contributed by atoms with Crippen molar-refractivity contribution in [2.75, 3.05) is 13.6 Å². The van der Waals surface area contributed by atoms with Gasteiger partial charge in [0.1, 0.15) is 5.69 Å². The van der Waals surface area contributed by atoms with E-state index in [-0.39, 0.29) is 5.91 Å². The van der Waals surface area contributed by atoms with Crippen molar-refractivity contribution < 1.29 is 9.21 Å². The number of carbonyl (C=O) groups is 1. The molecule has 3 aromatic rings. The number of nitrogens with zero attached hydrogens (tertiary/aromatic N) is 5. The maximum atomic E-state index is 12.8. The summed E-state index contributed by atoms with van der Waals surface area (Å²) in [5, 5.41) is 12.7. The molecule has 3 rings (SSSR count). The third-order valence-corrected chi connectivity index (χ3v) is 5.04. The molecule has 0 atom stereocenters. The van der Waals surface area contributed by atoms with Crippen LogP contribution in [0.25, 0.3) is 17.3 Å². The second-order valence-electron chi connectivity index (χ2n) is 8.12. The van der Waals surface area contributed by atoms with E-state index in [1.165, 1.54) is 0 Å². The van der Waals surface area contributed by atoms with Crippen LogP contribution >= 0.6 is 0 Å². The van der Waals surface area contributed by atoms with E-state index in [2.05, 4.69) is 31.0 Å². The van der Waals surface area contributed by atoms with Gasteiger partial charge >= 0.3 is 0 Å². The summed E-state index contributed by atoms with van der Waals surface area (Å²) in [6, 6.07) is 9.63. The first-order valence-electron chi connectivity index (χ1n) is 10.6. The van der Waals surface area contributed by atoms with Gasteiger partial charge in [-0.3, -0.25) is 4.79 Å². The highest BCUT2D eigenvalue weighted by Crippen LogP contribution is 2.23. The average Bonchev–Trinajstić information content (AvgIpc) is 3.36. The van der Waals surface area contributed by atoms with Gasteiger partial charge in [0.25, 0.3) is 11.8 Å². The Labute approximate surface area is 178 Å². The molecule has 0 aliphatic rings. The summed E-state index contributed by atoms with van der Waals surface area (Å²) in [5.74, 6) is 1.51. The minimum Gasteiger partial charge on any atom is -0.420 e. The minimum atomic E-state index is 0.0222. The molecule has 0 radical (unpaired) electrons. The summed E-state index contributed by atoms with van der Waals surface area (Å²) < 4.78 is 7.46. The SMILES string of the molecule is CCCCN(C)C(=O)c1cccc(-n2nc(-c3nnc(C)o3)cc2CCC(C)C)c1. The van der Waals surface area contributed by atoms with E-state index in [1.54, 1.807) is 11.8 Å². The number of unbranched alkanes of at least 4 members (excludes halogenated alkanes) is 1. The number of aromatic nitrogens is 4. The van der Waals surface area contributed by atoms with Crippen molar-refractivity contribution in [3.8, 4) is 17.3 Å². The van der Waals surface area contributed by atoms with Crippen molar-refractivity contribution in [3.05, 3.63) is 47.5 Å². The summed E-state index contributed by atoms with van der Waals surface area (Å²) in [6.07, 6.45) is 3.95. The molecule has 1 amide bonds. The zero-order chi connectivity index (χ0) is 21.7. The predicted octanol–water partition coefficient (Wildman–Crippen LogP) is 4.69. The molecule has 30 heavy (non-hydrogen) atoms. The van der Waals surface area contributed by atoms with E-state index in [9.17, 15) is 4.79 Å². The largest absolute Gasteiger partial charge is 0.420 e. The van der Waals surface area contributed by atoms with Gasteiger partial charge in [-0.1, -0.05) is 33.3 Å². The van der Waals surface area contributed by atoms with Gasteiger partial charge in [0.2, 0.25) is 5.89 Å². The third kappa shape index (κ3) is 5.14. The maximum absolute atomic E-state index is 12.8. The third-order valence-electron chi connectivity index (χ3n) is 5.04. The van der Waals surface area contributed by atoms with Gasteiger partial charge in [-0.25, -0.2) is 4.68 Å². The topological polar surface area (TPSA) is 77.1 Å². The van der Waals surface area contributed by atoms with Crippen LogP contribution in [0.1, 0.15) is 62.0 Å². The first-order chi connectivity index (χ1) is 14.4. The molecule has 2 heterocycles. The van der Waals surface area contributed by atoms with Gasteiger partial charge in [-0.05, 0) is 49.4 Å². The van der Waals surface area contributed by atoms with Crippen molar-refractivity contribution >= 4 is 5.91 Å². The van der Waals surface area contributed by atoms with Crippen molar-refractivity contribution in [2.24, 2.45) is 5.92 Å². The lowest BCUT2D eigenvalue weighted by atomic mass is 10.1. The van der Waals surface area contributed by atoms with Crippen molar-refractivity contribution in [1.29, 1.82) is 0 Å². The number of benzene rings is 1. The Morgan fingerprint density at radius 2 is 2.03 bits per heavy atom. The smallest absolute Gasteiger partial charge is 0.268 e. The molecule has 0 aliphatic heterocycles. The van der Waals surface area contributed by atoms with Crippen LogP contribution in [-0.2, 0) is 6.42 Å². The van der Waals surface area contributed by atoms with Crippen LogP contribution in [0.3, 0.4) is 0 Å². The molecule has 0 bridgehead atoms. The molecule has 160 valence electrons. The Balaban J connectivity index is 1.95. The summed E-state index contributed by atoms with van der Waals surface area (Å²) in [5.41, 5.74) is 3.21. The van der Waals surface area contributed by atoms with E-state index in [0.717, 1.165) is 43.6 Å². The Morgan fingerprint density at radius 1 is 1.23 bits per heavy atom. The number of aryl methyl sites for hydroxylation is 2. The number of amides is 1. The van der Waals surface area contributed by atoms with Gasteiger partial charge in [0.05, 0.1) is 5.69 Å². The second kappa shape index (κ2) is 9.69. The lowest BCUT2D eigenvalue weighted by Crippen LogP contribution is -2.27. The molecule has 7 nitrogen and oxygen atoms in total. The number of rotatable bonds is 9. The number of hydrogen-bond acceptors (Lipinski definition) is 5. The molecule has 0 unspecified atom stereocenters. The highest BCUT2D eigenvalue weighted by atomic mass is 16.4. The Bertz CT molecular complexity index is 989. The lowest BCUT2D eigenvalue weighted by Gasteiger charge is -2.17. The Kier molecular flexibility index (Phi) is 7.03. The Morgan fingerprint density at radius 3 is 2.70 bits per heavy atom. The summed E-state index contributed by atoms with van der Waals surface area (Å²) in [7, 11) is 1.85. The summed E-state index contributed by atoms with van der Waals surface area (Å²) >= 11 is 0. The molecule has 0 N–H and O–H groups in total.